The van der Waals surface area contributed by atoms with Crippen LogP contribution in [0.15, 0.2) is 0 Å². The molecule has 0 bridgehead atoms. The Hall–Kier alpha value is 0.251. The minimum atomic E-state index is -1.94. The van der Waals surface area contributed by atoms with Gasteiger partial charge in [0.25, 0.3) is 8.68 Å². The van der Waals surface area contributed by atoms with Crippen molar-refractivity contribution in [1.29, 1.82) is 0 Å². The van der Waals surface area contributed by atoms with E-state index in [1.807, 2.05) is 6.92 Å². The predicted molar refractivity (Wildman–Crippen MR) is 102 cm³/mol. The first kappa shape index (κ1) is 24.3. The highest BCUT2D eigenvalue weighted by Crippen LogP contribution is 2.24. The Morgan fingerprint density at radius 1 is 1.08 bits per heavy atom. The minimum absolute atomic E-state index is 0.125. The summed E-state index contributed by atoms with van der Waals surface area (Å²) in [6.07, 6.45) is 0.0859. The van der Waals surface area contributed by atoms with Gasteiger partial charge in [-0.3, -0.25) is 0 Å². The van der Waals surface area contributed by atoms with Crippen molar-refractivity contribution in [2.75, 3.05) is 33.0 Å². The van der Waals surface area contributed by atoms with Crippen molar-refractivity contribution in [3.8, 4) is 0 Å². The van der Waals surface area contributed by atoms with Gasteiger partial charge in [0, 0.05) is 12.3 Å². The van der Waals surface area contributed by atoms with E-state index in [-0.39, 0.29) is 13.2 Å². The van der Waals surface area contributed by atoms with Crippen LogP contribution < -0.4 is 0 Å². The van der Waals surface area contributed by atoms with Gasteiger partial charge in [0.15, 0.2) is 16.6 Å². The molecule has 0 amide bonds. The van der Waals surface area contributed by atoms with Crippen molar-refractivity contribution in [2.24, 2.45) is 0 Å². The number of ether oxygens (including phenoxy) is 2. The molecule has 9 heteroatoms. The van der Waals surface area contributed by atoms with E-state index in [2.05, 4.69) is 26.2 Å². The van der Waals surface area contributed by atoms with Crippen LogP contribution in [0.3, 0.4) is 0 Å². The van der Waals surface area contributed by atoms with Crippen LogP contribution in [0.1, 0.15) is 13.3 Å². The van der Waals surface area contributed by atoms with Crippen molar-refractivity contribution < 1.29 is 28.3 Å². The summed E-state index contributed by atoms with van der Waals surface area (Å²) < 4.78 is 29.3. The average molecular weight is 397 g/mol. The first-order valence-corrected chi connectivity index (χ1v) is 16.8. The van der Waals surface area contributed by atoms with E-state index in [1.54, 1.807) is 0 Å². The standard InChI is InChI=1S/C15H36O6Si3/c1-6-22(18)14-24(5,21-23(2,3)4)11-7-8-19-9-10-20-13-15(17)12-16/h15-17H,6-14H2,1-5H3. The molecular formula is C15H36O6Si3. The van der Waals surface area contributed by atoms with Crippen LogP contribution in [0, 0.1) is 0 Å². The van der Waals surface area contributed by atoms with E-state index in [9.17, 15) is 4.46 Å². The van der Waals surface area contributed by atoms with E-state index in [0.717, 1.165) is 24.2 Å². The van der Waals surface area contributed by atoms with E-state index >= 15 is 0 Å². The molecule has 6 nitrogen and oxygen atoms in total. The molecule has 0 aromatic rings. The lowest BCUT2D eigenvalue weighted by molar-refractivity contribution is -0.0147. The van der Waals surface area contributed by atoms with Gasteiger partial charge >= 0.3 is 0 Å². The molecule has 0 rings (SSSR count). The normalized spacial score (nSPS) is 16.0. The quantitative estimate of drug-likeness (QED) is 0.326. The van der Waals surface area contributed by atoms with E-state index in [4.69, 9.17) is 23.8 Å². The lowest BCUT2D eigenvalue weighted by Gasteiger charge is -2.34. The SMILES string of the molecule is CC[Si](=O)C[Si](C)(CCCOCCOCC(O)CO)O[Si](C)(C)C. The number of hydrogen-bond donors (Lipinski definition) is 2. The molecule has 2 N–H and O–H groups in total. The molecule has 144 valence electrons. The maximum absolute atomic E-state index is 12.1. The highest BCUT2D eigenvalue weighted by molar-refractivity contribution is 6.89. The van der Waals surface area contributed by atoms with Crippen molar-refractivity contribution in [2.45, 2.75) is 63.4 Å². The Bertz CT molecular complexity index is 351. The first-order chi connectivity index (χ1) is 11.1. The van der Waals surface area contributed by atoms with Gasteiger partial charge in [0.1, 0.15) is 6.10 Å². The Kier molecular flexibility index (Phi) is 12.7. The summed E-state index contributed by atoms with van der Waals surface area (Å²) in [6.45, 7) is 12.1. The molecule has 0 fully saturated rings. The van der Waals surface area contributed by atoms with Crippen LogP contribution in [0.2, 0.25) is 43.9 Å². The van der Waals surface area contributed by atoms with Gasteiger partial charge in [-0.05, 0) is 44.7 Å². The zero-order valence-corrected chi connectivity index (χ0v) is 19.0. The second-order valence-electron chi connectivity index (χ2n) is 7.36. The molecule has 0 aromatic carbocycles. The Morgan fingerprint density at radius 3 is 2.25 bits per heavy atom. The zero-order valence-electron chi connectivity index (χ0n) is 16.0. The number of aliphatic hydroxyl groups excluding tert-OH is 2. The molecule has 2 unspecified atom stereocenters. The molecular weight excluding hydrogens is 360 g/mol. The van der Waals surface area contributed by atoms with Gasteiger partial charge in [-0.2, -0.15) is 0 Å². The van der Waals surface area contributed by atoms with Crippen LogP contribution in [0.25, 0.3) is 0 Å². The van der Waals surface area contributed by atoms with Crippen molar-refractivity contribution in [3.05, 3.63) is 0 Å². The Balaban J connectivity index is 4.04. The lowest BCUT2D eigenvalue weighted by atomic mass is 10.4. The molecule has 0 spiro atoms. The fourth-order valence-electron chi connectivity index (χ4n) is 2.50. The molecule has 0 aliphatic heterocycles. The molecule has 2 atom stereocenters. The third kappa shape index (κ3) is 13.5. The number of aliphatic hydroxyl groups is 2. The molecule has 0 aliphatic carbocycles. The van der Waals surface area contributed by atoms with Crippen LogP contribution in [0.4, 0.5) is 0 Å². The average Bonchev–Trinajstić information content (AvgIpc) is 2.47. The summed E-state index contributed by atoms with van der Waals surface area (Å²) in [6, 6.07) is 1.73. The fourth-order valence-corrected chi connectivity index (χ4v) is 15.7. The van der Waals surface area contributed by atoms with Crippen LogP contribution in [0.5, 0.6) is 0 Å². The highest BCUT2D eigenvalue weighted by Gasteiger charge is 2.36. The Labute approximate surface area is 150 Å². The van der Waals surface area contributed by atoms with Gasteiger partial charge in [-0.1, -0.05) is 6.92 Å². The highest BCUT2D eigenvalue weighted by atomic mass is 28.4. The van der Waals surface area contributed by atoms with E-state index < -0.39 is 31.4 Å². The number of hydrogen-bond acceptors (Lipinski definition) is 6. The third-order valence-electron chi connectivity index (χ3n) is 3.41. The van der Waals surface area contributed by atoms with Crippen LogP contribution in [-0.2, 0) is 18.1 Å². The van der Waals surface area contributed by atoms with Gasteiger partial charge in [-0.15, -0.1) is 0 Å². The zero-order chi connectivity index (χ0) is 18.6. The summed E-state index contributed by atoms with van der Waals surface area (Å²) in [5.41, 5.74) is 0.778. The lowest BCUT2D eigenvalue weighted by Crippen LogP contribution is -2.46. The van der Waals surface area contributed by atoms with Gasteiger partial charge < -0.3 is 28.3 Å². The summed E-state index contributed by atoms with van der Waals surface area (Å²) in [5, 5.41) is 17.8. The van der Waals surface area contributed by atoms with E-state index in [0.29, 0.717) is 19.8 Å². The Morgan fingerprint density at radius 2 is 1.71 bits per heavy atom. The van der Waals surface area contributed by atoms with Crippen molar-refractivity contribution in [3.63, 3.8) is 0 Å². The molecule has 0 saturated heterocycles. The summed E-state index contributed by atoms with van der Waals surface area (Å²) >= 11 is 0. The summed E-state index contributed by atoms with van der Waals surface area (Å²) in [5.74, 6) is 0. The molecule has 0 aromatic heterocycles. The maximum atomic E-state index is 12.1. The molecule has 0 heterocycles. The monoisotopic (exact) mass is 396 g/mol. The van der Waals surface area contributed by atoms with Crippen molar-refractivity contribution >= 4 is 25.3 Å². The molecule has 0 aliphatic rings. The second-order valence-corrected chi connectivity index (χ2v) is 19.0. The second kappa shape index (κ2) is 12.6. The van der Waals surface area contributed by atoms with E-state index in [1.165, 1.54) is 0 Å². The molecule has 0 saturated carbocycles. The van der Waals surface area contributed by atoms with Gasteiger partial charge in [0.05, 0.1) is 26.4 Å². The first-order valence-electron chi connectivity index (χ1n) is 8.78. The van der Waals surface area contributed by atoms with Crippen LogP contribution in [-0.4, -0.2) is 74.7 Å². The topological polar surface area (TPSA) is 85.2 Å². The van der Waals surface area contributed by atoms with Crippen molar-refractivity contribution in [1.82, 2.24) is 0 Å². The maximum Gasteiger partial charge on any atom is 0.275 e. The predicted octanol–water partition coefficient (Wildman–Crippen LogP) is 2.17. The molecule has 0 radical (unpaired) electrons. The van der Waals surface area contributed by atoms with Crippen LogP contribution >= 0.6 is 0 Å². The largest absolute Gasteiger partial charge is 0.455 e. The van der Waals surface area contributed by atoms with Gasteiger partial charge in [0.2, 0.25) is 0 Å². The van der Waals surface area contributed by atoms with Gasteiger partial charge in [-0.25, -0.2) is 0 Å². The summed E-state index contributed by atoms with van der Waals surface area (Å²) in [7, 11) is -5.10. The smallest absolute Gasteiger partial charge is 0.275 e. The third-order valence-corrected chi connectivity index (χ3v) is 14.6. The molecule has 24 heavy (non-hydrogen) atoms. The fraction of sp³-hybridized carbons (Fsp3) is 1.00. The minimum Gasteiger partial charge on any atom is -0.455 e. The number of rotatable bonds is 15. The summed E-state index contributed by atoms with van der Waals surface area (Å²) in [4.78, 5) is 0.